The molecule has 2 atom stereocenters. The fraction of sp³-hybridized carbons (Fsp3) is 0.500. The van der Waals surface area contributed by atoms with Crippen molar-refractivity contribution in [3.8, 4) is 11.4 Å². The first kappa shape index (κ1) is 12.1. The van der Waals surface area contributed by atoms with Gasteiger partial charge in [-0.3, -0.25) is 0 Å². The number of benzene rings is 1. The molecule has 19 heavy (non-hydrogen) atoms. The van der Waals surface area contributed by atoms with Crippen molar-refractivity contribution in [3.63, 3.8) is 0 Å². The lowest BCUT2D eigenvalue weighted by Crippen LogP contribution is -2.11. The maximum absolute atomic E-state index is 6.00. The van der Waals surface area contributed by atoms with E-state index in [-0.39, 0.29) is 0 Å². The van der Waals surface area contributed by atoms with Crippen LogP contribution in [0.15, 0.2) is 24.3 Å². The highest BCUT2D eigenvalue weighted by Crippen LogP contribution is 2.32. The molecule has 2 aromatic rings. The summed E-state index contributed by atoms with van der Waals surface area (Å²) < 4.78 is 1.90. The summed E-state index contributed by atoms with van der Waals surface area (Å²) in [6, 6.07) is 7.73. The Morgan fingerprint density at radius 1 is 1.32 bits per heavy atom. The van der Waals surface area contributed by atoms with Gasteiger partial charge in [0.2, 0.25) is 0 Å². The summed E-state index contributed by atoms with van der Waals surface area (Å²) in [5.74, 6) is 2.28. The van der Waals surface area contributed by atoms with E-state index >= 15 is 0 Å². The van der Waals surface area contributed by atoms with Crippen LogP contribution in [0, 0.1) is 11.8 Å². The zero-order chi connectivity index (χ0) is 13.2. The minimum Gasteiger partial charge on any atom is -0.398 e. The monoisotopic (exact) mass is 257 g/mol. The zero-order valence-corrected chi connectivity index (χ0v) is 11.2. The third kappa shape index (κ3) is 2.45. The number of tetrazole rings is 1. The molecule has 100 valence electrons. The number of aromatic nitrogens is 4. The number of nitrogens with two attached hydrogens (primary N) is 1. The van der Waals surface area contributed by atoms with E-state index in [9.17, 15) is 0 Å². The van der Waals surface area contributed by atoms with Crippen molar-refractivity contribution < 1.29 is 0 Å². The summed E-state index contributed by atoms with van der Waals surface area (Å²) in [6.45, 7) is 3.21. The average molecular weight is 257 g/mol. The molecule has 3 rings (SSSR count). The minimum atomic E-state index is 0.683. The average Bonchev–Trinajstić information content (AvgIpc) is 3.00. The maximum Gasteiger partial charge on any atom is 0.184 e. The Labute approximate surface area is 112 Å². The van der Waals surface area contributed by atoms with E-state index in [0.717, 1.165) is 29.5 Å². The van der Waals surface area contributed by atoms with Gasteiger partial charge in [-0.25, -0.2) is 4.68 Å². The summed E-state index contributed by atoms with van der Waals surface area (Å²) >= 11 is 0. The molecule has 0 amide bonds. The number of nitrogen functional groups attached to an aromatic ring is 1. The van der Waals surface area contributed by atoms with E-state index in [1.54, 1.807) is 0 Å². The Morgan fingerprint density at radius 2 is 2.16 bits per heavy atom. The summed E-state index contributed by atoms with van der Waals surface area (Å²) in [7, 11) is 0. The van der Waals surface area contributed by atoms with Crippen LogP contribution in [-0.4, -0.2) is 20.2 Å². The molecule has 1 saturated carbocycles. The van der Waals surface area contributed by atoms with Crippen molar-refractivity contribution in [3.05, 3.63) is 24.3 Å². The molecule has 1 fully saturated rings. The lowest BCUT2D eigenvalue weighted by atomic mass is 10.1. The standard InChI is InChI=1S/C14H19N5/c1-10-6-7-11(8-10)9-19-14(16-17-18-19)12-4-2-3-5-13(12)15/h2-5,10-11H,6-9,15H2,1H3. The Bertz CT molecular complexity index is 562. The molecule has 1 aromatic heterocycles. The van der Waals surface area contributed by atoms with Crippen LogP contribution in [0.25, 0.3) is 11.4 Å². The predicted molar refractivity (Wildman–Crippen MR) is 74.2 cm³/mol. The molecule has 0 spiro atoms. The molecule has 1 heterocycles. The van der Waals surface area contributed by atoms with E-state index in [1.165, 1.54) is 19.3 Å². The molecule has 0 aliphatic heterocycles. The van der Waals surface area contributed by atoms with Crippen LogP contribution < -0.4 is 5.73 Å². The van der Waals surface area contributed by atoms with Crippen molar-refractivity contribution in [1.82, 2.24) is 20.2 Å². The van der Waals surface area contributed by atoms with Gasteiger partial charge in [0.1, 0.15) is 0 Å². The van der Waals surface area contributed by atoms with E-state index in [2.05, 4.69) is 22.4 Å². The molecule has 1 aromatic carbocycles. The molecule has 2 N–H and O–H groups in total. The van der Waals surface area contributed by atoms with Crippen LogP contribution in [0.4, 0.5) is 5.69 Å². The first-order chi connectivity index (χ1) is 9.24. The van der Waals surface area contributed by atoms with Gasteiger partial charge >= 0.3 is 0 Å². The third-order valence-electron chi connectivity index (χ3n) is 3.97. The number of nitrogens with zero attached hydrogens (tertiary/aromatic N) is 4. The highest BCUT2D eigenvalue weighted by molar-refractivity contribution is 5.70. The highest BCUT2D eigenvalue weighted by atomic mass is 15.5. The first-order valence-corrected chi connectivity index (χ1v) is 6.85. The topological polar surface area (TPSA) is 69.6 Å². The van der Waals surface area contributed by atoms with Crippen LogP contribution >= 0.6 is 0 Å². The van der Waals surface area contributed by atoms with Crippen LogP contribution in [0.3, 0.4) is 0 Å². The van der Waals surface area contributed by atoms with Gasteiger partial charge in [0, 0.05) is 17.8 Å². The predicted octanol–water partition coefficient (Wildman–Crippen LogP) is 2.36. The van der Waals surface area contributed by atoms with E-state index < -0.39 is 0 Å². The third-order valence-corrected chi connectivity index (χ3v) is 3.97. The summed E-state index contributed by atoms with van der Waals surface area (Å²) in [4.78, 5) is 0. The van der Waals surface area contributed by atoms with Crippen LogP contribution in [0.2, 0.25) is 0 Å². The van der Waals surface area contributed by atoms with Crippen LogP contribution in [0.5, 0.6) is 0 Å². The summed E-state index contributed by atoms with van der Waals surface area (Å²) in [6.07, 6.45) is 3.85. The smallest absolute Gasteiger partial charge is 0.184 e. The van der Waals surface area contributed by atoms with Crippen molar-refractivity contribution in [2.45, 2.75) is 32.7 Å². The van der Waals surface area contributed by atoms with Gasteiger partial charge in [-0.1, -0.05) is 25.5 Å². The fourth-order valence-corrected chi connectivity index (χ4v) is 2.96. The first-order valence-electron chi connectivity index (χ1n) is 6.85. The van der Waals surface area contributed by atoms with Crippen LogP contribution in [-0.2, 0) is 6.54 Å². The van der Waals surface area contributed by atoms with Gasteiger partial charge in [-0.15, -0.1) is 5.10 Å². The molecule has 0 saturated heterocycles. The molecule has 5 heteroatoms. The molecule has 0 bridgehead atoms. The van der Waals surface area contributed by atoms with Crippen molar-refractivity contribution in [1.29, 1.82) is 0 Å². The van der Waals surface area contributed by atoms with Crippen molar-refractivity contribution in [2.75, 3.05) is 5.73 Å². The number of anilines is 1. The molecular weight excluding hydrogens is 238 g/mol. The highest BCUT2D eigenvalue weighted by Gasteiger charge is 2.23. The van der Waals surface area contributed by atoms with E-state index in [1.807, 2.05) is 28.9 Å². The lowest BCUT2D eigenvalue weighted by molar-refractivity contribution is 0.412. The number of hydrogen-bond donors (Lipinski definition) is 1. The molecule has 1 aliphatic carbocycles. The second-order valence-corrected chi connectivity index (χ2v) is 5.56. The molecule has 1 aliphatic rings. The number of rotatable bonds is 3. The normalized spacial score (nSPS) is 22.8. The SMILES string of the molecule is CC1CCC(Cn2nnnc2-c2ccccc2N)C1. The zero-order valence-electron chi connectivity index (χ0n) is 11.2. The molecular formula is C14H19N5. The second kappa shape index (κ2) is 4.99. The van der Waals surface area contributed by atoms with Crippen LogP contribution in [0.1, 0.15) is 26.2 Å². The number of para-hydroxylation sites is 1. The lowest BCUT2D eigenvalue weighted by Gasteiger charge is -2.11. The van der Waals surface area contributed by atoms with Gasteiger partial charge in [0.05, 0.1) is 0 Å². The number of hydrogen-bond acceptors (Lipinski definition) is 4. The van der Waals surface area contributed by atoms with Gasteiger partial charge < -0.3 is 5.73 Å². The Hall–Kier alpha value is -1.91. The van der Waals surface area contributed by atoms with E-state index in [0.29, 0.717) is 5.92 Å². The van der Waals surface area contributed by atoms with Gasteiger partial charge in [0.15, 0.2) is 5.82 Å². The largest absolute Gasteiger partial charge is 0.398 e. The second-order valence-electron chi connectivity index (χ2n) is 5.56. The summed E-state index contributed by atoms with van der Waals surface area (Å²) in [5, 5.41) is 12.1. The Morgan fingerprint density at radius 3 is 2.89 bits per heavy atom. The minimum absolute atomic E-state index is 0.683. The van der Waals surface area contributed by atoms with Gasteiger partial charge in [-0.2, -0.15) is 0 Å². The summed E-state index contributed by atoms with van der Waals surface area (Å²) in [5.41, 5.74) is 7.64. The Balaban J connectivity index is 1.85. The molecule has 0 radical (unpaired) electrons. The van der Waals surface area contributed by atoms with Crippen molar-refractivity contribution >= 4 is 5.69 Å². The van der Waals surface area contributed by atoms with Gasteiger partial charge in [-0.05, 0) is 47.2 Å². The molecule has 2 unspecified atom stereocenters. The quantitative estimate of drug-likeness (QED) is 0.857. The van der Waals surface area contributed by atoms with Gasteiger partial charge in [0.25, 0.3) is 0 Å². The molecule has 5 nitrogen and oxygen atoms in total. The van der Waals surface area contributed by atoms with E-state index in [4.69, 9.17) is 5.73 Å². The fourth-order valence-electron chi connectivity index (χ4n) is 2.96. The maximum atomic E-state index is 6.00. The van der Waals surface area contributed by atoms with Crippen molar-refractivity contribution in [2.24, 2.45) is 11.8 Å². The Kier molecular flexibility index (Phi) is 3.19.